The van der Waals surface area contributed by atoms with Crippen LogP contribution in [0.15, 0.2) is 66.7 Å². The van der Waals surface area contributed by atoms with Crippen LogP contribution in [0.1, 0.15) is 27.0 Å². The van der Waals surface area contributed by atoms with Crippen molar-refractivity contribution in [3.8, 4) is 16.9 Å². The van der Waals surface area contributed by atoms with Crippen molar-refractivity contribution in [2.75, 3.05) is 59.7 Å². The van der Waals surface area contributed by atoms with Crippen LogP contribution in [0.2, 0.25) is 0 Å². The molecule has 3 aromatic carbocycles. The fourth-order valence-electron chi connectivity index (χ4n) is 3.94. The second-order valence-electron chi connectivity index (χ2n) is 9.79. The number of nitrogens with one attached hydrogen (secondary N) is 1. The minimum Gasteiger partial charge on any atom is -0.492 e. The van der Waals surface area contributed by atoms with Crippen LogP contribution < -0.4 is 10.1 Å². The lowest BCUT2D eigenvalue weighted by molar-refractivity contribution is 0.104. The summed E-state index contributed by atoms with van der Waals surface area (Å²) in [6.07, 6.45) is 3.50. The van der Waals surface area contributed by atoms with Gasteiger partial charge < -0.3 is 19.9 Å². The van der Waals surface area contributed by atoms with Crippen LogP contribution in [-0.2, 0) is 0 Å². The van der Waals surface area contributed by atoms with Crippen LogP contribution in [0.25, 0.3) is 17.2 Å². The number of carbonyl (C=O) groups is 1. The van der Waals surface area contributed by atoms with E-state index in [0.717, 1.165) is 47.8 Å². The zero-order chi connectivity index (χ0) is 26.1. The van der Waals surface area contributed by atoms with Gasteiger partial charge in [0, 0.05) is 36.4 Å². The van der Waals surface area contributed by atoms with Crippen LogP contribution >= 0.6 is 0 Å². The predicted molar refractivity (Wildman–Crippen MR) is 152 cm³/mol. The molecule has 0 saturated heterocycles. The van der Waals surface area contributed by atoms with Gasteiger partial charge in [0.1, 0.15) is 12.4 Å². The number of carbonyl (C=O) groups excluding carboxylic acids is 1. The van der Waals surface area contributed by atoms with Gasteiger partial charge in [0.25, 0.3) is 0 Å². The molecule has 3 aromatic rings. The van der Waals surface area contributed by atoms with Crippen molar-refractivity contribution in [2.45, 2.75) is 13.8 Å². The molecule has 0 saturated carbocycles. The average Bonchev–Trinajstić information content (AvgIpc) is 2.82. The number of ketones is 1. The van der Waals surface area contributed by atoms with Gasteiger partial charge in [-0.1, -0.05) is 47.5 Å². The summed E-state index contributed by atoms with van der Waals surface area (Å²) in [5.74, 6) is 0.732. The lowest BCUT2D eigenvalue weighted by atomic mass is 9.98. The number of hydrogen-bond donors (Lipinski definition) is 1. The molecular weight excluding hydrogens is 446 g/mol. The standard InChI is InChI=1S/C31H39N3O2/c1-23-18-24(2)20-28(19-23)25-11-13-31(36-17-16-34(5)6)27(21-25)10-12-30(35)26-8-7-9-29(22-26)32-14-15-33(3)4/h7-13,18-22,32H,14-17H2,1-6H3. The van der Waals surface area contributed by atoms with E-state index in [4.69, 9.17) is 4.74 Å². The third kappa shape index (κ3) is 8.36. The fraction of sp³-hybridized carbons (Fsp3) is 0.323. The lowest BCUT2D eigenvalue weighted by Gasteiger charge is -2.14. The number of benzene rings is 3. The molecule has 1 N–H and O–H groups in total. The second kappa shape index (κ2) is 13.1. The molecule has 0 spiro atoms. The molecule has 5 nitrogen and oxygen atoms in total. The molecule has 3 rings (SSSR count). The highest BCUT2D eigenvalue weighted by Gasteiger charge is 2.09. The maximum absolute atomic E-state index is 13.0. The molecule has 0 fully saturated rings. The van der Waals surface area contributed by atoms with Gasteiger partial charge in [-0.25, -0.2) is 0 Å². The number of likely N-dealkylation sites (N-methyl/N-ethyl adjacent to an activating group) is 2. The molecule has 0 bridgehead atoms. The van der Waals surface area contributed by atoms with Crippen LogP contribution in [0.5, 0.6) is 5.75 Å². The zero-order valence-corrected chi connectivity index (χ0v) is 22.5. The van der Waals surface area contributed by atoms with Crippen molar-refractivity contribution in [1.82, 2.24) is 9.80 Å². The molecule has 0 amide bonds. The SMILES string of the molecule is Cc1cc(C)cc(-c2ccc(OCCN(C)C)c(C=CC(=O)c3cccc(NCCN(C)C)c3)c2)c1. The van der Waals surface area contributed by atoms with Crippen LogP contribution in [-0.4, -0.2) is 70.0 Å². The molecule has 0 heterocycles. The molecule has 0 aliphatic heterocycles. The Hall–Kier alpha value is -3.41. The molecule has 5 heteroatoms. The molecule has 0 atom stereocenters. The summed E-state index contributed by atoms with van der Waals surface area (Å²) in [6, 6.07) is 20.4. The van der Waals surface area contributed by atoms with Crippen LogP contribution in [0.3, 0.4) is 0 Å². The molecule has 0 aromatic heterocycles. The first-order valence-electron chi connectivity index (χ1n) is 12.4. The number of anilines is 1. The Bertz CT molecular complexity index is 1180. The van der Waals surface area contributed by atoms with Crippen molar-refractivity contribution in [3.63, 3.8) is 0 Å². The van der Waals surface area contributed by atoms with Crippen molar-refractivity contribution in [3.05, 3.63) is 89.0 Å². The highest BCUT2D eigenvalue weighted by molar-refractivity contribution is 6.07. The topological polar surface area (TPSA) is 44.8 Å². The van der Waals surface area contributed by atoms with Crippen molar-refractivity contribution >= 4 is 17.5 Å². The smallest absolute Gasteiger partial charge is 0.185 e. The maximum Gasteiger partial charge on any atom is 0.185 e. The first kappa shape index (κ1) is 27.2. The van der Waals surface area contributed by atoms with Gasteiger partial charge in [0.05, 0.1) is 0 Å². The van der Waals surface area contributed by atoms with E-state index in [0.29, 0.717) is 12.2 Å². The van der Waals surface area contributed by atoms with Crippen LogP contribution in [0, 0.1) is 13.8 Å². The Labute approximate surface area is 216 Å². The molecule has 0 radical (unpaired) electrons. The molecular formula is C31H39N3O2. The number of hydrogen-bond acceptors (Lipinski definition) is 5. The van der Waals surface area contributed by atoms with E-state index in [1.54, 1.807) is 6.08 Å². The van der Waals surface area contributed by atoms with Gasteiger partial charge in [0.15, 0.2) is 5.78 Å². The van der Waals surface area contributed by atoms with Gasteiger partial charge in [0.2, 0.25) is 0 Å². The summed E-state index contributed by atoms with van der Waals surface area (Å²) in [4.78, 5) is 17.2. The zero-order valence-electron chi connectivity index (χ0n) is 22.5. The summed E-state index contributed by atoms with van der Waals surface area (Å²) < 4.78 is 6.09. The number of allylic oxidation sites excluding steroid dienone is 1. The summed E-state index contributed by atoms with van der Waals surface area (Å²) in [7, 11) is 8.13. The van der Waals surface area contributed by atoms with Crippen molar-refractivity contribution in [2.24, 2.45) is 0 Å². The maximum atomic E-state index is 13.0. The molecule has 36 heavy (non-hydrogen) atoms. The number of nitrogens with zero attached hydrogens (tertiary/aromatic N) is 2. The molecule has 0 unspecified atom stereocenters. The Morgan fingerprint density at radius 2 is 1.58 bits per heavy atom. The summed E-state index contributed by atoms with van der Waals surface area (Å²) in [5, 5.41) is 3.38. The molecule has 190 valence electrons. The monoisotopic (exact) mass is 485 g/mol. The quantitative estimate of drug-likeness (QED) is 0.260. The highest BCUT2D eigenvalue weighted by atomic mass is 16.5. The van der Waals surface area contributed by atoms with E-state index in [-0.39, 0.29) is 5.78 Å². The predicted octanol–water partition coefficient (Wildman–Crippen LogP) is 5.78. The Morgan fingerprint density at radius 3 is 2.28 bits per heavy atom. The minimum absolute atomic E-state index is 0.0395. The summed E-state index contributed by atoms with van der Waals surface area (Å²) in [5.41, 5.74) is 7.19. The van der Waals surface area contributed by atoms with E-state index in [1.165, 1.54) is 11.1 Å². The van der Waals surface area contributed by atoms with E-state index < -0.39 is 0 Å². The number of ether oxygens (including phenoxy) is 1. The normalized spacial score (nSPS) is 11.4. The van der Waals surface area contributed by atoms with Gasteiger partial charge in [-0.15, -0.1) is 0 Å². The first-order chi connectivity index (χ1) is 17.2. The largest absolute Gasteiger partial charge is 0.492 e. The Kier molecular flexibility index (Phi) is 9.86. The fourth-order valence-corrected chi connectivity index (χ4v) is 3.94. The van der Waals surface area contributed by atoms with Gasteiger partial charge >= 0.3 is 0 Å². The van der Waals surface area contributed by atoms with Gasteiger partial charge in [-0.2, -0.15) is 0 Å². The first-order valence-corrected chi connectivity index (χ1v) is 12.4. The number of rotatable bonds is 12. The third-order valence-corrected chi connectivity index (χ3v) is 5.81. The Morgan fingerprint density at radius 1 is 0.861 bits per heavy atom. The summed E-state index contributed by atoms with van der Waals surface area (Å²) >= 11 is 0. The van der Waals surface area contributed by atoms with E-state index in [1.807, 2.05) is 64.6 Å². The van der Waals surface area contributed by atoms with E-state index in [9.17, 15) is 4.79 Å². The van der Waals surface area contributed by atoms with E-state index in [2.05, 4.69) is 59.3 Å². The molecule has 0 aliphatic carbocycles. The van der Waals surface area contributed by atoms with E-state index >= 15 is 0 Å². The summed E-state index contributed by atoms with van der Waals surface area (Å²) in [6.45, 7) is 7.35. The van der Waals surface area contributed by atoms with Gasteiger partial charge in [-0.05, 0) is 89.6 Å². The second-order valence-corrected chi connectivity index (χ2v) is 9.79. The lowest BCUT2D eigenvalue weighted by Crippen LogP contribution is -2.20. The third-order valence-electron chi connectivity index (χ3n) is 5.81. The van der Waals surface area contributed by atoms with Crippen LogP contribution in [0.4, 0.5) is 5.69 Å². The molecule has 0 aliphatic rings. The Balaban J connectivity index is 1.85. The average molecular weight is 486 g/mol. The van der Waals surface area contributed by atoms with Gasteiger partial charge in [-0.3, -0.25) is 4.79 Å². The highest BCUT2D eigenvalue weighted by Crippen LogP contribution is 2.29. The number of aryl methyl sites for hydroxylation is 2. The van der Waals surface area contributed by atoms with Crippen molar-refractivity contribution < 1.29 is 9.53 Å². The van der Waals surface area contributed by atoms with Crippen molar-refractivity contribution in [1.29, 1.82) is 0 Å². The minimum atomic E-state index is -0.0395.